The fourth-order valence-corrected chi connectivity index (χ4v) is 1.92. The second-order valence-corrected chi connectivity index (χ2v) is 3.97. The van der Waals surface area contributed by atoms with E-state index in [1.54, 1.807) is 29.5 Å². The van der Waals surface area contributed by atoms with Crippen LogP contribution in [-0.4, -0.2) is 31.5 Å². The Labute approximate surface area is 104 Å². The van der Waals surface area contributed by atoms with Crippen LogP contribution < -0.4 is 0 Å². The lowest BCUT2D eigenvalue weighted by Gasteiger charge is -2.02. The van der Waals surface area contributed by atoms with Crippen molar-refractivity contribution in [2.75, 3.05) is 6.61 Å². The van der Waals surface area contributed by atoms with Gasteiger partial charge in [0, 0.05) is 35.1 Å². The summed E-state index contributed by atoms with van der Waals surface area (Å²) in [6, 6.07) is 5.92. The summed E-state index contributed by atoms with van der Waals surface area (Å²) in [6.07, 6.45) is 7.11. The van der Waals surface area contributed by atoms with Crippen molar-refractivity contribution >= 4 is 11.0 Å². The molecule has 3 aromatic rings. The van der Waals surface area contributed by atoms with Gasteiger partial charge >= 0.3 is 0 Å². The molecular weight excluding hydrogens is 228 g/mol. The van der Waals surface area contributed by atoms with E-state index in [1.807, 2.05) is 18.2 Å². The maximum Gasteiger partial charge on any atom is 0.157 e. The monoisotopic (exact) mass is 240 g/mol. The number of hydrogen-bond acceptors (Lipinski definition) is 4. The van der Waals surface area contributed by atoms with Crippen molar-refractivity contribution in [2.45, 2.75) is 6.54 Å². The van der Waals surface area contributed by atoms with Crippen LogP contribution >= 0.6 is 0 Å². The number of aromatic nitrogens is 4. The highest BCUT2D eigenvalue weighted by atomic mass is 16.3. The molecule has 0 unspecified atom stereocenters. The highest BCUT2D eigenvalue weighted by Crippen LogP contribution is 2.21. The molecule has 0 saturated carbocycles. The van der Waals surface area contributed by atoms with Crippen molar-refractivity contribution < 1.29 is 5.11 Å². The van der Waals surface area contributed by atoms with Gasteiger partial charge in [-0.3, -0.25) is 4.98 Å². The maximum atomic E-state index is 8.93. The summed E-state index contributed by atoms with van der Waals surface area (Å²) < 4.78 is 1.70. The highest BCUT2D eigenvalue weighted by Gasteiger charge is 2.05. The Morgan fingerprint density at radius 2 is 2.11 bits per heavy atom. The van der Waals surface area contributed by atoms with Crippen molar-refractivity contribution in [3.05, 3.63) is 43.0 Å². The van der Waals surface area contributed by atoms with Gasteiger partial charge in [-0.2, -0.15) is 5.10 Å². The molecule has 5 nitrogen and oxygen atoms in total. The van der Waals surface area contributed by atoms with E-state index in [2.05, 4.69) is 15.1 Å². The van der Waals surface area contributed by atoms with Crippen LogP contribution in [0.4, 0.5) is 0 Å². The molecule has 0 atom stereocenters. The molecule has 0 bridgehead atoms. The Hall–Kier alpha value is -2.27. The van der Waals surface area contributed by atoms with Crippen LogP contribution in [0, 0.1) is 0 Å². The van der Waals surface area contributed by atoms with Gasteiger partial charge in [0.05, 0.1) is 19.3 Å². The van der Waals surface area contributed by atoms with Crippen molar-refractivity contribution in [3.63, 3.8) is 0 Å². The molecule has 0 aliphatic heterocycles. The topological polar surface area (TPSA) is 63.8 Å². The fraction of sp³-hybridized carbons (Fsp3) is 0.154. The number of pyridine rings is 2. The molecule has 0 radical (unpaired) electrons. The first-order chi connectivity index (χ1) is 8.88. The molecule has 0 aliphatic rings. The normalized spacial score (nSPS) is 10.9. The van der Waals surface area contributed by atoms with E-state index < -0.39 is 0 Å². The molecule has 0 spiro atoms. The number of rotatable bonds is 3. The van der Waals surface area contributed by atoms with Crippen LogP contribution in [0.2, 0.25) is 0 Å². The lowest BCUT2D eigenvalue weighted by atomic mass is 10.1. The van der Waals surface area contributed by atoms with Gasteiger partial charge in [0.15, 0.2) is 5.65 Å². The van der Waals surface area contributed by atoms with Crippen LogP contribution in [0.15, 0.2) is 43.0 Å². The molecule has 3 aromatic heterocycles. The summed E-state index contributed by atoms with van der Waals surface area (Å²) in [4.78, 5) is 8.49. The molecule has 0 aromatic carbocycles. The molecule has 1 N–H and O–H groups in total. The number of hydrogen-bond donors (Lipinski definition) is 1. The fourth-order valence-electron chi connectivity index (χ4n) is 1.92. The molecule has 0 saturated heterocycles. The lowest BCUT2D eigenvalue weighted by molar-refractivity contribution is 0.271. The van der Waals surface area contributed by atoms with Gasteiger partial charge in [-0.15, -0.1) is 0 Å². The van der Waals surface area contributed by atoms with Crippen LogP contribution in [0.5, 0.6) is 0 Å². The van der Waals surface area contributed by atoms with Gasteiger partial charge in [0.1, 0.15) is 0 Å². The first-order valence-corrected chi connectivity index (χ1v) is 5.71. The van der Waals surface area contributed by atoms with Gasteiger partial charge in [-0.05, 0) is 12.1 Å². The van der Waals surface area contributed by atoms with E-state index in [-0.39, 0.29) is 6.61 Å². The van der Waals surface area contributed by atoms with E-state index >= 15 is 0 Å². The third kappa shape index (κ3) is 1.84. The Morgan fingerprint density at radius 1 is 1.17 bits per heavy atom. The molecule has 3 heterocycles. The smallest absolute Gasteiger partial charge is 0.157 e. The maximum absolute atomic E-state index is 8.93. The highest BCUT2D eigenvalue weighted by molar-refractivity contribution is 5.80. The molecule has 3 rings (SSSR count). The zero-order valence-corrected chi connectivity index (χ0v) is 9.69. The van der Waals surface area contributed by atoms with E-state index in [4.69, 9.17) is 5.11 Å². The van der Waals surface area contributed by atoms with Crippen molar-refractivity contribution in [1.29, 1.82) is 0 Å². The van der Waals surface area contributed by atoms with Gasteiger partial charge in [0.25, 0.3) is 0 Å². The van der Waals surface area contributed by atoms with Crippen molar-refractivity contribution in [3.8, 4) is 11.1 Å². The molecule has 0 fully saturated rings. The summed E-state index contributed by atoms with van der Waals surface area (Å²) in [7, 11) is 0. The molecule has 0 amide bonds. The minimum Gasteiger partial charge on any atom is -0.394 e. The third-order valence-electron chi connectivity index (χ3n) is 2.78. The van der Waals surface area contributed by atoms with Crippen LogP contribution in [0.3, 0.4) is 0 Å². The summed E-state index contributed by atoms with van der Waals surface area (Å²) in [6.45, 7) is 0.519. The summed E-state index contributed by atoms with van der Waals surface area (Å²) in [5, 5.41) is 14.1. The molecule has 5 heteroatoms. The average molecular weight is 240 g/mol. The number of aliphatic hydroxyl groups is 1. The van der Waals surface area contributed by atoms with Crippen LogP contribution in [0.25, 0.3) is 22.2 Å². The molecule has 0 aliphatic carbocycles. The first kappa shape index (κ1) is 10.9. The predicted molar refractivity (Wildman–Crippen MR) is 67.8 cm³/mol. The van der Waals surface area contributed by atoms with E-state index in [1.165, 1.54) is 0 Å². The Balaban J connectivity index is 2.07. The number of nitrogens with zero attached hydrogens (tertiary/aromatic N) is 4. The van der Waals surface area contributed by atoms with Gasteiger partial charge in [-0.25, -0.2) is 9.67 Å². The van der Waals surface area contributed by atoms with Crippen LogP contribution in [0.1, 0.15) is 0 Å². The number of fused-ring (bicyclic) bond motifs is 1. The average Bonchev–Trinajstić information content (AvgIpc) is 2.83. The quantitative estimate of drug-likeness (QED) is 0.753. The standard InChI is InChI=1S/C13H12N4O/c18-5-4-17-13-12(9-16-17)6-11(8-15-13)10-2-1-3-14-7-10/h1-3,6-9,18H,4-5H2. The van der Waals surface area contributed by atoms with E-state index in [9.17, 15) is 0 Å². The third-order valence-corrected chi connectivity index (χ3v) is 2.78. The Morgan fingerprint density at radius 3 is 2.89 bits per heavy atom. The predicted octanol–water partition coefficient (Wildman–Crippen LogP) is 1.49. The minimum atomic E-state index is 0.0583. The Bertz CT molecular complexity index is 663. The summed E-state index contributed by atoms with van der Waals surface area (Å²) in [5.41, 5.74) is 2.83. The van der Waals surface area contributed by atoms with E-state index in [0.29, 0.717) is 6.54 Å². The Kier molecular flexibility index (Phi) is 2.74. The van der Waals surface area contributed by atoms with Crippen LogP contribution in [-0.2, 0) is 6.54 Å². The van der Waals surface area contributed by atoms with Crippen molar-refractivity contribution in [2.24, 2.45) is 0 Å². The summed E-state index contributed by atoms with van der Waals surface area (Å²) in [5.74, 6) is 0. The van der Waals surface area contributed by atoms with Crippen molar-refractivity contribution in [1.82, 2.24) is 19.7 Å². The summed E-state index contributed by atoms with van der Waals surface area (Å²) >= 11 is 0. The largest absolute Gasteiger partial charge is 0.394 e. The van der Waals surface area contributed by atoms with Gasteiger partial charge < -0.3 is 5.11 Å². The molecule has 90 valence electrons. The molecular formula is C13H12N4O. The first-order valence-electron chi connectivity index (χ1n) is 5.71. The zero-order valence-electron chi connectivity index (χ0n) is 9.69. The molecule has 18 heavy (non-hydrogen) atoms. The van der Waals surface area contributed by atoms with Gasteiger partial charge in [-0.1, -0.05) is 6.07 Å². The zero-order chi connectivity index (χ0) is 12.4. The second kappa shape index (κ2) is 4.54. The van der Waals surface area contributed by atoms with Gasteiger partial charge in [0.2, 0.25) is 0 Å². The second-order valence-electron chi connectivity index (χ2n) is 3.97. The number of aliphatic hydroxyl groups excluding tert-OH is 1. The van der Waals surface area contributed by atoms with E-state index in [0.717, 1.165) is 22.2 Å². The minimum absolute atomic E-state index is 0.0583. The SMILES string of the molecule is OCCn1ncc2cc(-c3cccnc3)cnc21. The lowest BCUT2D eigenvalue weighted by Crippen LogP contribution is -2.04.